The number of carbonyl (C=O) groups excluding carboxylic acids is 2. The third-order valence-electron chi connectivity index (χ3n) is 4.75. The topological polar surface area (TPSA) is 92.7 Å². The molecule has 28 heavy (non-hydrogen) atoms. The van der Waals surface area contributed by atoms with Crippen molar-refractivity contribution in [1.82, 2.24) is 9.80 Å². The predicted octanol–water partition coefficient (Wildman–Crippen LogP) is 1.90. The van der Waals surface area contributed by atoms with E-state index in [9.17, 15) is 9.59 Å². The lowest BCUT2D eigenvalue weighted by Crippen LogP contribution is -2.54. The van der Waals surface area contributed by atoms with Gasteiger partial charge in [-0.15, -0.1) is 24.8 Å². The molecule has 2 aromatic rings. The van der Waals surface area contributed by atoms with Crippen LogP contribution in [0.4, 0.5) is 0 Å². The average Bonchev–Trinajstić information content (AvgIpc) is 2.73. The van der Waals surface area contributed by atoms with E-state index in [2.05, 4.69) is 0 Å². The standard InChI is InChI=1S/C20H24N4O2.2ClH/c21-17(15-7-3-1-4-8-15)19(25)23-11-13-24(14-12-23)20(26)18(22)16-9-5-2-6-10-16;;/h1-10,17-18H,11-14,21-22H2;2*1H/t17-,18-;;/m0../s1. The maximum atomic E-state index is 12.6. The Balaban J connectivity index is 0.00000196. The highest BCUT2D eigenvalue weighted by molar-refractivity contribution is 5.86. The monoisotopic (exact) mass is 424 g/mol. The fraction of sp³-hybridized carbons (Fsp3) is 0.300. The van der Waals surface area contributed by atoms with Gasteiger partial charge in [0.2, 0.25) is 11.8 Å². The van der Waals surface area contributed by atoms with Gasteiger partial charge in [-0.3, -0.25) is 9.59 Å². The zero-order chi connectivity index (χ0) is 18.5. The van der Waals surface area contributed by atoms with Crippen LogP contribution in [0.5, 0.6) is 0 Å². The van der Waals surface area contributed by atoms with Gasteiger partial charge in [-0.1, -0.05) is 60.7 Å². The second-order valence-corrected chi connectivity index (χ2v) is 6.43. The maximum absolute atomic E-state index is 12.6. The molecule has 1 aliphatic heterocycles. The molecule has 2 atom stereocenters. The molecular weight excluding hydrogens is 399 g/mol. The molecule has 1 aliphatic rings. The first-order valence-corrected chi connectivity index (χ1v) is 8.76. The highest BCUT2D eigenvalue weighted by Gasteiger charge is 2.30. The Hall–Kier alpha value is -2.12. The van der Waals surface area contributed by atoms with Crippen molar-refractivity contribution < 1.29 is 9.59 Å². The van der Waals surface area contributed by atoms with Crippen LogP contribution in [-0.4, -0.2) is 47.8 Å². The fourth-order valence-electron chi connectivity index (χ4n) is 3.15. The molecule has 1 saturated heterocycles. The van der Waals surface area contributed by atoms with Gasteiger partial charge in [-0.05, 0) is 11.1 Å². The van der Waals surface area contributed by atoms with Gasteiger partial charge in [0.05, 0.1) is 0 Å². The van der Waals surface area contributed by atoms with E-state index in [0.717, 1.165) is 11.1 Å². The summed E-state index contributed by atoms with van der Waals surface area (Å²) in [4.78, 5) is 28.6. The predicted molar refractivity (Wildman–Crippen MR) is 114 cm³/mol. The van der Waals surface area contributed by atoms with Gasteiger partial charge in [0.15, 0.2) is 0 Å². The molecule has 3 rings (SSSR count). The summed E-state index contributed by atoms with van der Waals surface area (Å²) in [5, 5.41) is 0. The number of piperazine rings is 1. The van der Waals surface area contributed by atoms with Crippen molar-refractivity contribution in [1.29, 1.82) is 0 Å². The molecule has 8 heteroatoms. The molecular formula is C20H26Cl2N4O2. The zero-order valence-electron chi connectivity index (χ0n) is 15.4. The zero-order valence-corrected chi connectivity index (χ0v) is 17.1. The summed E-state index contributed by atoms with van der Waals surface area (Å²) in [6, 6.07) is 17.3. The van der Waals surface area contributed by atoms with E-state index in [1.54, 1.807) is 9.80 Å². The van der Waals surface area contributed by atoms with E-state index in [-0.39, 0.29) is 36.6 Å². The highest BCUT2D eigenvalue weighted by Crippen LogP contribution is 2.17. The summed E-state index contributed by atoms with van der Waals surface area (Å²) < 4.78 is 0. The van der Waals surface area contributed by atoms with Crippen LogP contribution in [0.1, 0.15) is 23.2 Å². The summed E-state index contributed by atoms with van der Waals surface area (Å²) in [6.45, 7) is 1.86. The SMILES string of the molecule is Cl.Cl.N[C@H](C(=O)N1CCN(C(=O)[C@@H](N)c2ccccc2)CC1)c1ccccc1. The number of nitrogens with two attached hydrogens (primary N) is 2. The van der Waals surface area contributed by atoms with Crippen LogP contribution < -0.4 is 11.5 Å². The largest absolute Gasteiger partial charge is 0.337 e. The van der Waals surface area contributed by atoms with Crippen LogP contribution in [0.3, 0.4) is 0 Å². The number of benzene rings is 2. The summed E-state index contributed by atoms with van der Waals surface area (Å²) in [7, 11) is 0. The Morgan fingerprint density at radius 1 is 0.643 bits per heavy atom. The first kappa shape index (κ1) is 23.9. The number of carbonyl (C=O) groups is 2. The Bertz CT molecular complexity index is 688. The number of hydrogen-bond donors (Lipinski definition) is 2. The van der Waals surface area contributed by atoms with Gasteiger partial charge in [0.1, 0.15) is 12.1 Å². The minimum Gasteiger partial charge on any atom is -0.337 e. The molecule has 2 aromatic carbocycles. The molecule has 1 heterocycles. The molecule has 0 radical (unpaired) electrons. The van der Waals surface area contributed by atoms with Crippen LogP contribution in [-0.2, 0) is 9.59 Å². The quantitative estimate of drug-likeness (QED) is 0.783. The summed E-state index contributed by atoms with van der Waals surface area (Å²) in [5.41, 5.74) is 13.8. The molecule has 0 aliphatic carbocycles. The summed E-state index contributed by atoms with van der Waals surface area (Å²) >= 11 is 0. The molecule has 152 valence electrons. The van der Waals surface area contributed by atoms with Gasteiger partial charge in [0, 0.05) is 26.2 Å². The molecule has 6 nitrogen and oxygen atoms in total. The molecule has 2 amide bonds. The third-order valence-corrected chi connectivity index (χ3v) is 4.75. The molecule has 0 bridgehead atoms. The molecule has 0 spiro atoms. The van der Waals surface area contributed by atoms with Crippen LogP contribution in [0.15, 0.2) is 60.7 Å². The smallest absolute Gasteiger partial charge is 0.244 e. The minimum absolute atomic E-state index is 0. The van der Waals surface area contributed by atoms with Crippen molar-refractivity contribution in [3.63, 3.8) is 0 Å². The van der Waals surface area contributed by atoms with Gasteiger partial charge >= 0.3 is 0 Å². The van der Waals surface area contributed by atoms with Crippen LogP contribution in [0, 0.1) is 0 Å². The van der Waals surface area contributed by atoms with Crippen LogP contribution in [0.2, 0.25) is 0 Å². The fourth-order valence-corrected chi connectivity index (χ4v) is 3.15. The van der Waals surface area contributed by atoms with Crippen molar-refractivity contribution in [3.8, 4) is 0 Å². The Labute approximate surface area is 177 Å². The lowest BCUT2D eigenvalue weighted by Gasteiger charge is -2.37. The van der Waals surface area contributed by atoms with E-state index >= 15 is 0 Å². The normalized spacial score (nSPS) is 15.6. The van der Waals surface area contributed by atoms with E-state index in [1.165, 1.54) is 0 Å². The minimum atomic E-state index is -0.676. The number of nitrogens with zero attached hydrogens (tertiary/aromatic N) is 2. The Morgan fingerprint density at radius 3 is 1.21 bits per heavy atom. The summed E-state index contributed by atoms with van der Waals surface area (Å²) in [5.74, 6) is -0.230. The van der Waals surface area contributed by atoms with Crippen molar-refractivity contribution in [2.45, 2.75) is 12.1 Å². The van der Waals surface area contributed by atoms with Crippen molar-refractivity contribution >= 4 is 36.6 Å². The molecule has 1 fully saturated rings. The van der Waals surface area contributed by atoms with Crippen LogP contribution >= 0.6 is 24.8 Å². The second-order valence-electron chi connectivity index (χ2n) is 6.43. The lowest BCUT2D eigenvalue weighted by atomic mass is 10.1. The summed E-state index contributed by atoms with van der Waals surface area (Å²) in [6.07, 6.45) is 0. The van der Waals surface area contributed by atoms with E-state index in [4.69, 9.17) is 11.5 Å². The second kappa shape index (κ2) is 11.0. The van der Waals surface area contributed by atoms with Gasteiger partial charge in [-0.2, -0.15) is 0 Å². The molecule has 0 aromatic heterocycles. The molecule has 0 unspecified atom stereocenters. The van der Waals surface area contributed by atoms with Gasteiger partial charge in [-0.25, -0.2) is 0 Å². The molecule has 4 N–H and O–H groups in total. The van der Waals surface area contributed by atoms with E-state index in [0.29, 0.717) is 26.2 Å². The van der Waals surface area contributed by atoms with Gasteiger partial charge in [0.25, 0.3) is 0 Å². The van der Waals surface area contributed by atoms with Crippen molar-refractivity contribution in [3.05, 3.63) is 71.8 Å². The first-order chi connectivity index (χ1) is 12.6. The Morgan fingerprint density at radius 2 is 0.929 bits per heavy atom. The number of rotatable bonds is 4. The highest BCUT2D eigenvalue weighted by atomic mass is 35.5. The number of hydrogen-bond acceptors (Lipinski definition) is 4. The number of amides is 2. The van der Waals surface area contributed by atoms with Gasteiger partial charge < -0.3 is 21.3 Å². The average molecular weight is 425 g/mol. The van der Waals surface area contributed by atoms with Crippen molar-refractivity contribution in [2.75, 3.05) is 26.2 Å². The van der Waals surface area contributed by atoms with E-state index < -0.39 is 12.1 Å². The van der Waals surface area contributed by atoms with E-state index in [1.807, 2.05) is 60.7 Å². The maximum Gasteiger partial charge on any atom is 0.244 e. The lowest BCUT2D eigenvalue weighted by molar-refractivity contribution is -0.141. The Kier molecular flexibility index (Phi) is 9.41. The first-order valence-electron chi connectivity index (χ1n) is 8.76. The number of halogens is 2. The van der Waals surface area contributed by atoms with Crippen LogP contribution in [0.25, 0.3) is 0 Å². The molecule has 0 saturated carbocycles. The third kappa shape index (κ3) is 5.45. The van der Waals surface area contributed by atoms with Crippen molar-refractivity contribution in [2.24, 2.45) is 11.5 Å².